The van der Waals surface area contributed by atoms with Gasteiger partial charge in [-0.25, -0.2) is 13.2 Å². The monoisotopic (exact) mass is 429 g/mol. The Morgan fingerprint density at radius 3 is 2.45 bits per heavy atom. The van der Waals surface area contributed by atoms with Gasteiger partial charge in [0, 0.05) is 25.8 Å². The van der Waals surface area contributed by atoms with Gasteiger partial charge in [-0.3, -0.25) is 9.59 Å². The van der Waals surface area contributed by atoms with E-state index >= 15 is 0 Å². The van der Waals surface area contributed by atoms with Crippen LogP contribution in [0.2, 0.25) is 0 Å². The summed E-state index contributed by atoms with van der Waals surface area (Å²) in [7, 11) is -1.94. The van der Waals surface area contributed by atoms with E-state index in [-0.39, 0.29) is 24.7 Å². The number of ketones is 1. The molecule has 1 aliphatic heterocycles. The van der Waals surface area contributed by atoms with Gasteiger partial charge in [-0.2, -0.15) is 0 Å². The maximum atomic E-state index is 12.6. The first kappa shape index (κ1) is 22.5. The molecular formula is C18H23NO9S. The van der Waals surface area contributed by atoms with Gasteiger partial charge in [0.15, 0.2) is 17.3 Å². The average molecular weight is 429 g/mol. The van der Waals surface area contributed by atoms with Gasteiger partial charge in [-0.05, 0) is 25.1 Å². The highest BCUT2D eigenvalue weighted by atomic mass is 32.2. The molecule has 0 N–H and O–H groups in total. The number of carbonyl (C=O) groups excluding carboxylic acids is 3. The molecule has 1 aromatic carbocycles. The van der Waals surface area contributed by atoms with Crippen molar-refractivity contribution in [1.29, 1.82) is 0 Å². The quantitative estimate of drug-likeness (QED) is 0.342. The summed E-state index contributed by atoms with van der Waals surface area (Å²) >= 11 is 0. The predicted octanol–water partition coefficient (Wildman–Crippen LogP) is 1.38. The Morgan fingerprint density at radius 2 is 1.79 bits per heavy atom. The zero-order chi connectivity index (χ0) is 21.8. The topological polar surface area (TPSA) is 126 Å². The molecular weight excluding hydrogens is 406 g/mol. The molecule has 0 aliphatic carbocycles. The summed E-state index contributed by atoms with van der Waals surface area (Å²) < 4.78 is 42.4. The fourth-order valence-electron chi connectivity index (χ4n) is 2.39. The number of fused-ring (bicyclic) bond motifs is 1. The number of nitrogens with zero attached hydrogens (tertiary/aromatic N) is 1. The van der Waals surface area contributed by atoms with E-state index in [4.69, 9.17) is 18.9 Å². The van der Waals surface area contributed by atoms with Gasteiger partial charge >= 0.3 is 12.1 Å². The Morgan fingerprint density at radius 1 is 1.14 bits per heavy atom. The van der Waals surface area contributed by atoms with Crippen LogP contribution in [-0.4, -0.2) is 69.3 Å². The van der Waals surface area contributed by atoms with Crippen LogP contribution >= 0.6 is 0 Å². The number of rotatable bonds is 8. The normalized spacial score (nSPS) is 14.6. The Bertz CT molecular complexity index is 897. The Kier molecular flexibility index (Phi) is 7.07. The average Bonchev–Trinajstić information content (AvgIpc) is 3.11. The molecule has 2 rings (SSSR count). The van der Waals surface area contributed by atoms with E-state index in [1.54, 1.807) is 12.1 Å². The first-order chi connectivity index (χ1) is 13.5. The highest BCUT2D eigenvalue weighted by molar-refractivity contribution is 7.90. The van der Waals surface area contributed by atoms with Gasteiger partial charge in [0.05, 0.1) is 18.2 Å². The smallest absolute Gasteiger partial charge is 0.413 e. The molecule has 1 heterocycles. The van der Waals surface area contributed by atoms with Crippen LogP contribution in [0.1, 0.15) is 30.6 Å². The highest BCUT2D eigenvalue weighted by Crippen LogP contribution is 2.33. The lowest BCUT2D eigenvalue weighted by Crippen LogP contribution is -2.42. The largest absolute Gasteiger partial charge is 0.454 e. The third kappa shape index (κ3) is 6.34. The fraction of sp³-hybridized carbons (Fsp3) is 0.500. The van der Waals surface area contributed by atoms with Crippen LogP contribution in [-0.2, 0) is 24.1 Å². The first-order valence-electron chi connectivity index (χ1n) is 8.72. The number of esters is 1. The van der Waals surface area contributed by atoms with Crippen molar-refractivity contribution in [3.63, 3.8) is 0 Å². The van der Waals surface area contributed by atoms with Crippen molar-refractivity contribution in [3.05, 3.63) is 23.8 Å². The van der Waals surface area contributed by atoms with Crippen molar-refractivity contribution >= 4 is 27.7 Å². The van der Waals surface area contributed by atoms with Crippen LogP contribution in [0.5, 0.6) is 11.5 Å². The van der Waals surface area contributed by atoms with Crippen LogP contribution in [0, 0.1) is 0 Å². The maximum absolute atomic E-state index is 12.6. The molecule has 10 nitrogen and oxygen atoms in total. The van der Waals surface area contributed by atoms with E-state index in [2.05, 4.69) is 0 Å². The number of hydrogen-bond donors (Lipinski definition) is 0. The molecule has 1 aromatic rings. The van der Waals surface area contributed by atoms with Gasteiger partial charge in [-0.15, -0.1) is 0 Å². The predicted molar refractivity (Wildman–Crippen MR) is 100 cm³/mol. The Hall–Kier alpha value is -2.82. The van der Waals surface area contributed by atoms with E-state index in [1.165, 1.54) is 27.0 Å². The first-order valence-corrected chi connectivity index (χ1v) is 10.8. The van der Waals surface area contributed by atoms with E-state index in [1.807, 2.05) is 0 Å². The van der Waals surface area contributed by atoms with E-state index in [0.29, 0.717) is 17.1 Å². The summed E-state index contributed by atoms with van der Waals surface area (Å²) in [5, 5.41) is 0. The summed E-state index contributed by atoms with van der Waals surface area (Å²) in [5.74, 6) is -0.548. The number of amides is 1. The van der Waals surface area contributed by atoms with E-state index in [0.717, 1.165) is 11.2 Å². The third-order valence-corrected chi connectivity index (χ3v) is 5.09. The molecule has 11 heteroatoms. The van der Waals surface area contributed by atoms with Gasteiger partial charge in [-0.1, -0.05) is 0 Å². The standard InChI is InChI=1S/C18H23NO9S/c1-11(17(21)13-5-6-14-15(9-13)26-10-25-14)19(3)18(22)28-12(2)27-16(20)7-8-29(4,23)24/h5-6,9,11-12H,7-8,10H2,1-4H3. The van der Waals surface area contributed by atoms with Crippen molar-refractivity contribution in [3.8, 4) is 11.5 Å². The molecule has 160 valence electrons. The molecule has 29 heavy (non-hydrogen) atoms. The lowest BCUT2D eigenvalue weighted by molar-refractivity contribution is -0.165. The second-order valence-electron chi connectivity index (χ2n) is 6.54. The number of sulfone groups is 1. The summed E-state index contributed by atoms with van der Waals surface area (Å²) in [4.78, 5) is 37.5. The molecule has 0 bridgehead atoms. The molecule has 2 unspecified atom stereocenters. The molecule has 0 saturated carbocycles. The lowest BCUT2D eigenvalue weighted by atomic mass is 10.0. The highest BCUT2D eigenvalue weighted by Gasteiger charge is 2.28. The zero-order valence-electron chi connectivity index (χ0n) is 16.5. The van der Waals surface area contributed by atoms with Crippen molar-refractivity contribution in [2.75, 3.05) is 25.8 Å². The minimum atomic E-state index is -3.31. The van der Waals surface area contributed by atoms with Gasteiger partial charge in [0.2, 0.25) is 13.1 Å². The summed E-state index contributed by atoms with van der Waals surface area (Å²) in [5.41, 5.74) is 0.335. The minimum Gasteiger partial charge on any atom is -0.454 e. The van der Waals surface area contributed by atoms with Crippen molar-refractivity contribution < 1.29 is 41.7 Å². The van der Waals surface area contributed by atoms with Crippen LogP contribution in [0.4, 0.5) is 4.79 Å². The summed E-state index contributed by atoms with van der Waals surface area (Å²) in [6.07, 6.45) is -1.48. The van der Waals surface area contributed by atoms with Crippen LogP contribution in [0.15, 0.2) is 18.2 Å². The number of Topliss-reactive ketones (excluding diaryl/α,β-unsaturated/α-hetero) is 1. The van der Waals surface area contributed by atoms with Gasteiger partial charge in [0.1, 0.15) is 9.84 Å². The SMILES string of the molecule is CC(OC(=O)CCS(C)(=O)=O)OC(=O)N(C)C(C)C(=O)c1ccc2c(c1)OCO2. The number of hydrogen-bond acceptors (Lipinski definition) is 9. The number of ether oxygens (including phenoxy) is 4. The second-order valence-corrected chi connectivity index (χ2v) is 8.80. The van der Waals surface area contributed by atoms with Crippen LogP contribution < -0.4 is 9.47 Å². The minimum absolute atomic E-state index is 0.0789. The fourth-order valence-corrected chi connectivity index (χ4v) is 2.92. The molecule has 0 aromatic heterocycles. The van der Waals surface area contributed by atoms with Gasteiger partial charge < -0.3 is 23.8 Å². The molecule has 0 spiro atoms. The van der Waals surface area contributed by atoms with Crippen LogP contribution in [0.3, 0.4) is 0 Å². The molecule has 0 fully saturated rings. The molecule has 1 amide bonds. The molecule has 2 atom stereocenters. The summed E-state index contributed by atoms with van der Waals surface area (Å²) in [6, 6.07) is 3.85. The number of carbonyl (C=O) groups is 3. The van der Waals surface area contributed by atoms with Crippen LogP contribution in [0.25, 0.3) is 0 Å². The Labute approximate surface area is 168 Å². The van der Waals surface area contributed by atoms with E-state index < -0.39 is 34.2 Å². The molecule has 0 radical (unpaired) electrons. The Balaban J connectivity index is 1.89. The molecule has 0 saturated heterocycles. The third-order valence-electron chi connectivity index (χ3n) is 4.15. The maximum Gasteiger partial charge on any atom is 0.413 e. The zero-order valence-corrected chi connectivity index (χ0v) is 17.4. The van der Waals surface area contributed by atoms with Crippen molar-refractivity contribution in [2.24, 2.45) is 0 Å². The van der Waals surface area contributed by atoms with Crippen molar-refractivity contribution in [1.82, 2.24) is 4.90 Å². The summed E-state index contributed by atoms with van der Waals surface area (Å²) in [6.45, 7) is 2.92. The van der Waals surface area contributed by atoms with Crippen molar-refractivity contribution in [2.45, 2.75) is 32.6 Å². The number of benzene rings is 1. The second kappa shape index (κ2) is 9.12. The van der Waals surface area contributed by atoms with E-state index in [9.17, 15) is 22.8 Å². The molecule has 1 aliphatic rings. The van der Waals surface area contributed by atoms with Gasteiger partial charge in [0.25, 0.3) is 0 Å². The lowest BCUT2D eigenvalue weighted by Gasteiger charge is -2.25. The number of likely N-dealkylation sites (N-methyl/N-ethyl adjacent to an activating group) is 1.